The van der Waals surface area contributed by atoms with E-state index in [-0.39, 0.29) is 41.2 Å². The summed E-state index contributed by atoms with van der Waals surface area (Å²) in [5, 5.41) is 22.3. The van der Waals surface area contributed by atoms with Gasteiger partial charge < -0.3 is 0 Å². The van der Waals surface area contributed by atoms with Crippen molar-refractivity contribution in [3.63, 3.8) is 0 Å². The Morgan fingerprint density at radius 2 is 0.699 bits per heavy atom. The zero-order valence-corrected chi connectivity index (χ0v) is 75.8. The van der Waals surface area contributed by atoms with Gasteiger partial charge in [-0.3, -0.25) is 38.8 Å². The SMILES string of the molecule is Cc1cc(NS(=O)(=O)c2ccc(C(C)(C)C)cc2)n(-c2ccc(Cl)c3nccc(C)c23)n1.Cc1cc(NS(=O)(=O)c2ccc(C(C)(C)C)cc2)n(-c2ccc3cccnc3c2)n1.Cc1cc(NS(=O)(=O)c2ccc(C(C)(C)C)cc2)n(-c2ccc3ncccc3c2)n1.Cc1cnc2cccc(-n3nc(C)cc3NS(=O)(=O)c3ccc(C(C)(C)C)cc3)c2c1. The highest BCUT2D eigenvalue weighted by molar-refractivity contribution is 7.93. The lowest BCUT2D eigenvalue weighted by Crippen LogP contribution is -2.17. The number of nitrogens with zero attached hydrogens (tertiary/aromatic N) is 12. The molecule has 0 bridgehead atoms. The van der Waals surface area contributed by atoms with Crippen LogP contribution >= 0.6 is 11.6 Å². The fraction of sp³-hybridized carbons (Fsp3) is 0.234. The Bertz CT molecular complexity index is 6920. The van der Waals surface area contributed by atoms with Gasteiger partial charge in [-0.2, -0.15) is 20.4 Å². The average Bonchev–Trinajstić information content (AvgIpc) is 1.62. The molecule has 0 fully saturated rings. The minimum absolute atomic E-state index is 0.0452. The Kier molecular flexibility index (Phi) is 24.7. The van der Waals surface area contributed by atoms with E-state index >= 15 is 0 Å². The largest absolute Gasteiger partial charge is 0.263 e. The highest BCUT2D eigenvalue weighted by Crippen LogP contribution is 2.36. The van der Waals surface area contributed by atoms with Crippen molar-refractivity contribution >= 4 is 119 Å². The normalized spacial score (nSPS) is 12.3. The maximum atomic E-state index is 13.2. The molecule has 0 radical (unpaired) electrons. The zero-order chi connectivity index (χ0) is 88.7. The fourth-order valence-electron chi connectivity index (χ4n) is 13.7. The van der Waals surface area contributed by atoms with E-state index in [0.29, 0.717) is 62.3 Å². The minimum atomic E-state index is -3.82. The van der Waals surface area contributed by atoms with Crippen LogP contribution in [0.15, 0.2) is 269 Å². The molecule has 8 heterocycles. The molecule has 0 saturated carbocycles. The van der Waals surface area contributed by atoms with Crippen LogP contribution in [0.2, 0.25) is 5.02 Å². The molecule has 29 heteroatoms. The van der Waals surface area contributed by atoms with Gasteiger partial charge in [0.2, 0.25) is 0 Å². The van der Waals surface area contributed by atoms with Gasteiger partial charge in [0.1, 0.15) is 23.3 Å². The molecule has 0 unspecified atom stereocenters. The predicted octanol–water partition coefficient (Wildman–Crippen LogP) is 20.6. The van der Waals surface area contributed by atoms with E-state index in [2.05, 4.69) is 142 Å². The van der Waals surface area contributed by atoms with Crippen molar-refractivity contribution in [3.8, 4) is 22.7 Å². The van der Waals surface area contributed by atoms with Crippen LogP contribution < -0.4 is 18.9 Å². The molecule has 8 aromatic heterocycles. The summed E-state index contributed by atoms with van der Waals surface area (Å²) in [6, 6.07) is 67.1. The van der Waals surface area contributed by atoms with Gasteiger partial charge in [-0.15, -0.1) is 0 Å². The predicted molar refractivity (Wildman–Crippen MR) is 493 cm³/mol. The second-order valence-corrected chi connectivity index (χ2v) is 41.5. The summed E-state index contributed by atoms with van der Waals surface area (Å²) in [5.74, 6) is 1.49. The summed E-state index contributed by atoms with van der Waals surface area (Å²) in [6.45, 7) is 36.3. The third-order valence-electron chi connectivity index (χ3n) is 20.4. The van der Waals surface area contributed by atoms with Crippen LogP contribution in [0, 0.1) is 41.5 Å². The number of aryl methyl sites for hydroxylation is 6. The van der Waals surface area contributed by atoms with E-state index in [4.69, 9.17) is 11.6 Å². The molecule has 0 saturated heterocycles. The number of sulfonamides is 4. The first-order valence-corrected chi connectivity index (χ1v) is 46.0. The van der Waals surface area contributed by atoms with Crippen LogP contribution in [0.1, 0.15) is 139 Å². The maximum absolute atomic E-state index is 13.2. The zero-order valence-electron chi connectivity index (χ0n) is 71.8. The number of rotatable bonds is 16. The molecule has 0 aliphatic rings. The first-order valence-electron chi connectivity index (χ1n) is 39.7. The van der Waals surface area contributed by atoms with Gasteiger partial charge >= 0.3 is 0 Å². The molecule has 24 nitrogen and oxygen atoms in total. The van der Waals surface area contributed by atoms with Crippen LogP contribution in [-0.4, -0.2) is 92.7 Å². The summed E-state index contributed by atoms with van der Waals surface area (Å²) in [5.41, 5.74) is 15.0. The number of nitrogens with one attached hydrogen (secondary N) is 4. The Labute approximate surface area is 724 Å². The topological polar surface area (TPSA) is 308 Å². The van der Waals surface area contributed by atoms with Gasteiger partial charge in [0.05, 0.1) is 92.2 Å². The Hall–Kier alpha value is -12.5. The van der Waals surface area contributed by atoms with Gasteiger partial charge in [-0.25, -0.2) is 52.4 Å². The Balaban J connectivity index is 0.000000141. The van der Waals surface area contributed by atoms with E-state index in [1.807, 2.05) is 193 Å². The third-order valence-corrected chi connectivity index (χ3v) is 26.2. The maximum Gasteiger partial charge on any atom is 0.263 e. The second-order valence-electron chi connectivity index (χ2n) is 34.4. The summed E-state index contributed by atoms with van der Waals surface area (Å²) >= 11 is 6.36. The Morgan fingerprint density at radius 1 is 0.317 bits per heavy atom. The number of aromatic nitrogens is 12. The van der Waals surface area contributed by atoms with Gasteiger partial charge in [0.25, 0.3) is 40.1 Å². The number of halogens is 1. The number of hydrogen-bond donors (Lipinski definition) is 4. The third kappa shape index (κ3) is 20.3. The van der Waals surface area contributed by atoms with E-state index in [1.165, 1.54) is 0 Å². The van der Waals surface area contributed by atoms with Crippen LogP contribution in [0.3, 0.4) is 0 Å². The molecule has 0 atom stereocenters. The highest BCUT2D eigenvalue weighted by atomic mass is 35.5. The summed E-state index contributed by atoms with van der Waals surface area (Å²) in [4.78, 5) is 18.4. The lowest BCUT2D eigenvalue weighted by molar-refractivity contribution is 0.587. The van der Waals surface area contributed by atoms with Crippen molar-refractivity contribution in [2.45, 2.75) is 166 Å². The molecule has 16 aromatic rings. The summed E-state index contributed by atoms with van der Waals surface area (Å²) < 4.78 is 122. The monoisotopic (exact) mass is 1740 g/mol. The van der Waals surface area contributed by atoms with Gasteiger partial charge in [-0.05, 0) is 224 Å². The molecule has 0 aliphatic carbocycles. The standard InChI is InChI=1S/C24H25ClN4O2S.C24H26N4O2S.2C23H24N4O2S/c1-15-12-13-26-23-19(25)10-11-20(22(15)23)29-21(14-16(2)27-29)28-32(30,31)18-8-6-17(7-9-18)24(3,4)5;1-16-13-20-21(25-15-16)7-6-8-22(20)28-23(14-17(2)26-28)27-31(29,30)19-11-9-18(10-12-19)24(3,4)5;1-16-14-22(26-30(28,29)20-10-7-18(8-11-20)23(2,3)4)27(25-16)19-9-12-21-17(15-19)6-5-13-24-21;1-16-14-22(26-30(28,29)20-11-8-18(9-12-20)23(2,3)4)27(25-16)19-10-7-17-6-5-13-24-21(17)15-19/h6-14,28H,1-5H3;6-15,27H,1-5H3;2*5-15,26H,1-4H3. The summed E-state index contributed by atoms with van der Waals surface area (Å²) in [6.07, 6.45) is 6.98. The molecule has 634 valence electrons. The Morgan fingerprint density at radius 3 is 1.13 bits per heavy atom. The van der Waals surface area contributed by atoms with Crippen molar-refractivity contribution < 1.29 is 33.7 Å². The molecule has 123 heavy (non-hydrogen) atoms. The first-order chi connectivity index (χ1) is 57.8. The second kappa shape index (κ2) is 34.4. The fourth-order valence-corrected chi connectivity index (χ4v) is 18.1. The molecular weight excluding hydrogens is 1640 g/mol. The number of anilines is 4. The lowest BCUT2D eigenvalue weighted by Gasteiger charge is -2.19. The number of hydrogen-bond acceptors (Lipinski definition) is 16. The first kappa shape index (κ1) is 88.3. The van der Waals surface area contributed by atoms with E-state index in [9.17, 15) is 33.7 Å². The van der Waals surface area contributed by atoms with Crippen LogP contribution in [0.5, 0.6) is 0 Å². The molecule has 0 aliphatic heterocycles. The van der Waals surface area contributed by atoms with Crippen LogP contribution in [0.4, 0.5) is 23.3 Å². The van der Waals surface area contributed by atoms with E-state index in [0.717, 1.165) is 88.5 Å². The molecule has 0 spiro atoms. The molecule has 4 N–H and O–H groups in total. The quantitative estimate of drug-likeness (QED) is 0.0698. The smallest absolute Gasteiger partial charge is 0.263 e. The molecule has 0 amide bonds. The van der Waals surface area contributed by atoms with Crippen molar-refractivity contribution in [1.29, 1.82) is 0 Å². The van der Waals surface area contributed by atoms with Crippen molar-refractivity contribution in [2.24, 2.45) is 0 Å². The number of pyridine rings is 4. The van der Waals surface area contributed by atoms with Gasteiger partial charge in [0, 0.05) is 70.6 Å². The number of fused-ring (bicyclic) bond motifs is 4. The number of benzene rings is 8. The molecule has 16 rings (SSSR count). The van der Waals surface area contributed by atoms with Crippen molar-refractivity contribution in [1.82, 2.24) is 59.1 Å². The molecule has 8 aromatic carbocycles. The summed E-state index contributed by atoms with van der Waals surface area (Å²) in [7, 11) is -15.1. The van der Waals surface area contributed by atoms with Gasteiger partial charge in [0.15, 0.2) is 0 Å². The van der Waals surface area contributed by atoms with E-state index in [1.54, 1.807) is 116 Å². The van der Waals surface area contributed by atoms with Crippen LogP contribution in [-0.2, 0) is 61.8 Å². The minimum Gasteiger partial charge on any atom is -0.263 e. The average molecular weight is 1740 g/mol. The van der Waals surface area contributed by atoms with Crippen molar-refractivity contribution in [3.05, 3.63) is 310 Å². The molecular formula is C94H99ClN16O8S4. The van der Waals surface area contributed by atoms with Gasteiger partial charge in [-0.1, -0.05) is 167 Å². The lowest BCUT2D eigenvalue weighted by atomic mass is 9.87. The van der Waals surface area contributed by atoms with E-state index < -0.39 is 40.1 Å². The highest BCUT2D eigenvalue weighted by Gasteiger charge is 2.27. The van der Waals surface area contributed by atoms with Crippen LogP contribution in [0.25, 0.3) is 66.4 Å². The van der Waals surface area contributed by atoms with Crippen molar-refractivity contribution in [2.75, 3.05) is 18.9 Å².